The van der Waals surface area contributed by atoms with Crippen molar-refractivity contribution in [2.24, 2.45) is 0 Å². The Hall–Kier alpha value is -0.991. The van der Waals surface area contributed by atoms with E-state index in [0.29, 0.717) is 0 Å². The van der Waals surface area contributed by atoms with E-state index >= 15 is 0 Å². The second-order valence-corrected chi connectivity index (χ2v) is 5.41. The van der Waals surface area contributed by atoms with Gasteiger partial charge in [-0.1, -0.05) is 73.5 Å². The van der Waals surface area contributed by atoms with Gasteiger partial charge >= 0.3 is 0 Å². The first-order chi connectivity index (χ1) is 9.86. The molecule has 2 nitrogen and oxygen atoms in total. The van der Waals surface area contributed by atoms with Gasteiger partial charge in [0.15, 0.2) is 0 Å². The van der Waals surface area contributed by atoms with Crippen molar-refractivity contribution in [1.29, 1.82) is 0 Å². The van der Waals surface area contributed by atoms with Crippen LogP contribution in [0.25, 0.3) is 5.32 Å². The molecule has 2 atom stereocenters. The Morgan fingerprint density at radius 3 is 1.86 bits per heavy atom. The van der Waals surface area contributed by atoms with E-state index in [0.717, 1.165) is 30.5 Å². The minimum absolute atomic E-state index is 0. The second-order valence-electron chi connectivity index (χ2n) is 5.41. The molecule has 2 aromatic carbocycles. The molecule has 0 bridgehead atoms. The molecular formula is C18H20IrNO-. The second kappa shape index (κ2) is 7.86. The molecule has 21 heavy (non-hydrogen) atoms. The molecule has 1 N–H and O–H groups in total. The van der Waals surface area contributed by atoms with Gasteiger partial charge in [-0.05, 0) is 11.1 Å². The first-order valence-electron chi connectivity index (χ1n) is 7.31. The van der Waals surface area contributed by atoms with Crippen LogP contribution in [0.2, 0.25) is 0 Å². The zero-order chi connectivity index (χ0) is 13.8. The Bertz CT molecular complexity index is 486. The van der Waals surface area contributed by atoms with Crippen molar-refractivity contribution in [3.05, 3.63) is 77.1 Å². The van der Waals surface area contributed by atoms with Gasteiger partial charge in [0, 0.05) is 32.1 Å². The molecule has 2 unspecified atom stereocenters. The molecule has 1 fully saturated rings. The standard InChI is InChI=1S/C18H20NO.Ir/c20-18(16-12-7-13-19-16)17(14-8-3-1-4-9-14)15-10-5-2-6-11-15;/h1-6,8-11,16-18,20H,7,12-13H2;/q-1;. The molecule has 1 radical (unpaired) electrons. The number of nitrogens with zero attached hydrogens (tertiary/aromatic N) is 1. The van der Waals surface area contributed by atoms with Crippen LogP contribution in [-0.2, 0) is 20.1 Å². The molecular weight excluding hydrogens is 438 g/mol. The summed E-state index contributed by atoms with van der Waals surface area (Å²) in [5.74, 6) is 0.00394. The predicted molar refractivity (Wildman–Crippen MR) is 82.0 cm³/mol. The summed E-state index contributed by atoms with van der Waals surface area (Å²) < 4.78 is 0. The fraction of sp³-hybridized carbons (Fsp3) is 0.333. The maximum atomic E-state index is 10.8. The average Bonchev–Trinajstić information content (AvgIpc) is 3.04. The number of hydrogen-bond acceptors (Lipinski definition) is 1. The number of hydrogen-bond donors (Lipinski definition) is 1. The number of aliphatic hydroxyl groups excluding tert-OH is 1. The summed E-state index contributed by atoms with van der Waals surface area (Å²) in [6.45, 7) is 0.887. The summed E-state index contributed by atoms with van der Waals surface area (Å²) in [7, 11) is 0. The van der Waals surface area contributed by atoms with Crippen molar-refractivity contribution >= 4 is 0 Å². The van der Waals surface area contributed by atoms with E-state index in [1.54, 1.807) is 0 Å². The summed E-state index contributed by atoms with van der Waals surface area (Å²) >= 11 is 0. The number of rotatable bonds is 4. The maximum absolute atomic E-state index is 10.8. The third-order valence-electron chi connectivity index (χ3n) is 4.07. The van der Waals surface area contributed by atoms with Crippen molar-refractivity contribution in [2.75, 3.05) is 6.54 Å². The molecule has 0 spiro atoms. The van der Waals surface area contributed by atoms with Crippen LogP contribution >= 0.6 is 0 Å². The quantitative estimate of drug-likeness (QED) is 0.745. The molecule has 1 aliphatic rings. The maximum Gasteiger partial charge on any atom is 0.0490 e. The van der Waals surface area contributed by atoms with Crippen LogP contribution < -0.4 is 0 Å². The Kier molecular flexibility index (Phi) is 6.13. The van der Waals surface area contributed by atoms with E-state index in [1.807, 2.05) is 36.4 Å². The van der Waals surface area contributed by atoms with Gasteiger partial charge in [-0.2, -0.15) is 0 Å². The monoisotopic (exact) mass is 459 g/mol. The normalized spacial score (nSPS) is 19.2. The Balaban J connectivity index is 0.00000161. The molecule has 3 rings (SSSR count). The van der Waals surface area contributed by atoms with Gasteiger partial charge in [0.25, 0.3) is 0 Å². The van der Waals surface area contributed by atoms with E-state index < -0.39 is 6.10 Å². The topological polar surface area (TPSA) is 34.3 Å². The summed E-state index contributed by atoms with van der Waals surface area (Å²) in [6.07, 6.45) is 1.65. The minimum Gasteiger partial charge on any atom is -0.657 e. The molecule has 2 aromatic rings. The Morgan fingerprint density at radius 1 is 0.905 bits per heavy atom. The summed E-state index contributed by atoms with van der Waals surface area (Å²) in [6, 6.07) is 20.6. The summed E-state index contributed by atoms with van der Waals surface area (Å²) in [4.78, 5) is 0. The van der Waals surface area contributed by atoms with Crippen LogP contribution in [-0.4, -0.2) is 23.8 Å². The zero-order valence-electron chi connectivity index (χ0n) is 11.9. The molecule has 113 valence electrons. The first kappa shape index (κ1) is 16.4. The van der Waals surface area contributed by atoms with Gasteiger partial charge in [0.05, 0.1) is 0 Å². The smallest absolute Gasteiger partial charge is 0.0490 e. The molecule has 0 aromatic heterocycles. The first-order valence-corrected chi connectivity index (χ1v) is 7.31. The van der Waals surface area contributed by atoms with Gasteiger partial charge in [-0.3, -0.25) is 0 Å². The van der Waals surface area contributed by atoms with Crippen LogP contribution in [0.4, 0.5) is 0 Å². The van der Waals surface area contributed by atoms with Crippen LogP contribution in [0.1, 0.15) is 29.9 Å². The largest absolute Gasteiger partial charge is 0.657 e. The fourth-order valence-electron chi connectivity index (χ4n) is 3.06. The molecule has 1 saturated heterocycles. The van der Waals surface area contributed by atoms with Crippen molar-refractivity contribution in [3.63, 3.8) is 0 Å². The van der Waals surface area contributed by atoms with Crippen LogP contribution in [0.15, 0.2) is 60.7 Å². The molecule has 0 aliphatic carbocycles. The van der Waals surface area contributed by atoms with E-state index in [1.165, 1.54) is 0 Å². The molecule has 0 saturated carbocycles. The van der Waals surface area contributed by atoms with Crippen molar-refractivity contribution in [1.82, 2.24) is 0 Å². The SMILES string of the molecule is OC(C1CCC[N-]1)C(c1ccccc1)c1ccccc1.[Ir]. The van der Waals surface area contributed by atoms with Crippen LogP contribution in [0.5, 0.6) is 0 Å². The molecule has 3 heteroatoms. The Labute approximate surface area is 139 Å². The minimum atomic E-state index is -0.442. The van der Waals surface area contributed by atoms with Crippen molar-refractivity contribution < 1.29 is 25.2 Å². The third kappa shape index (κ3) is 3.81. The van der Waals surface area contributed by atoms with E-state index in [2.05, 4.69) is 29.6 Å². The average molecular weight is 459 g/mol. The summed E-state index contributed by atoms with van der Waals surface area (Å²) in [5.41, 5.74) is 2.32. The van der Waals surface area contributed by atoms with Gasteiger partial charge < -0.3 is 10.4 Å². The molecule has 1 aliphatic heterocycles. The zero-order valence-corrected chi connectivity index (χ0v) is 14.2. The number of benzene rings is 2. The van der Waals surface area contributed by atoms with Crippen LogP contribution in [0.3, 0.4) is 0 Å². The van der Waals surface area contributed by atoms with Gasteiger partial charge in [-0.25, -0.2) is 0 Å². The summed E-state index contributed by atoms with van der Waals surface area (Å²) in [5, 5.41) is 15.4. The number of aliphatic hydroxyl groups is 1. The van der Waals surface area contributed by atoms with E-state index in [-0.39, 0.29) is 32.1 Å². The molecule has 0 amide bonds. The van der Waals surface area contributed by atoms with Gasteiger partial charge in [0.1, 0.15) is 0 Å². The van der Waals surface area contributed by atoms with Crippen molar-refractivity contribution in [3.8, 4) is 0 Å². The third-order valence-corrected chi connectivity index (χ3v) is 4.07. The van der Waals surface area contributed by atoms with Crippen molar-refractivity contribution in [2.45, 2.75) is 30.9 Å². The predicted octanol–water partition coefficient (Wildman–Crippen LogP) is 3.71. The Morgan fingerprint density at radius 2 is 1.43 bits per heavy atom. The fourth-order valence-corrected chi connectivity index (χ4v) is 3.06. The molecule has 1 heterocycles. The van der Waals surface area contributed by atoms with E-state index in [4.69, 9.17) is 0 Å². The van der Waals surface area contributed by atoms with Gasteiger partial charge in [-0.15, -0.1) is 12.6 Å². The van der Waals surface area contributed by atoms with Crippen LogP contribution in [0, 0.1) is 0 Å². The van der Waals surface area contributed by atoms with E-state index in [9.17, 15) is 5.11 Å². The van der Waals surface area contributed by atoms with Gasteiger partial charge in [0.2, 0.25) is 0 Å².